The molecule has 2 aliphatic rings. The van der Waals surface area contributed by atoms with Crippen LogP contribution in [0.3, 0.4) is 0 Å². The van der Waals surface area contributed by atoms with Gasteiger partial charge in [-0.1, -0.05) is 62.4 Å². The molecule has 2 aromatic carbocycles. The lowest BCUT2D eigenvalue weighted by Gasteiger charge is -2.28. The molecular formula is C25H27N3O6. The predicted octanol–water partition coefficient (Wildman–Crippen LogP) is 2.66. The molecule has 178 valence electrons. The molecule has 1 aliphatic carbocycles. The van der Waals surface area contributed by atoms with E-state index in [1.54, 1.807) is 13.8 Å². The lowest BCUT2D eigenvalue weighted by molar-refractivity contribution is -0.151. The SMILES string of the molecule is CC(C)(CNC(=O)OCC1c2ccccc2-c2ccccc21)CC(=O)N1NC(=O)CC1C(=O)O. The van der Waals surface area contributed by atoms with Gasteiger partial charge < -0.3 is 15.2 Å². The van der Waals surface area contributed by atoms with Crippen LogP contribution in [-0.4, -0.2) is 53.2 Å². The second-order valence-electron chi connectivity index (χ2n) is 9.38. The fourth-order valence-corrected chi connectivity index (χ4v) is 4.48. The van der Waals surface area contributed by atoms with E-state index in [1.807, 2.05) is 36.4 Å². The molecule has 2 aromatic rings. The summed E-state index contributed by atoms with van der Waals surface area (Å²) in [7, 11) is 0. The van der Waals surface area contributed by atoms with Crippen LogP contribution in [0.25, 0.3) is 11.1 Å². The molecule has 1 fully saturated rings. The Labute approximate surface area is 197 Å². The number of carboxylic acid groups (broad SMARTS) is 1. The molecule has 1 aliphatic heterocycles. The molecule has 0 saturated carbocycles. The molecule has 4 rings (SSSR count). The number of fused-ring (bicyclic) bond motifs is 3. The van der Waals surface area contributed by atoms with Gasteiger partial charge in [0.1, 0.15) is 6.61 Å². The Hall–Kier alpha value is -3.88. The van der Waals surface area contributed by atoms with Gasteiger partial charge in [0.25, 0.3) is 0 Å². The Kier molecular flexibility index (Phi) is 6.28. The van der Waals surface area contributed by atoms with E-state index >= 15 is 0 Å². The van der Waals surface area contributed by atoms with Gasteiger partial charge in [0.2, 0.25) is 11.8 Å². The van der Waals surface area contributed by atoms with Crippen LogP contribution in [0.4, 0.5) is 4.79 Å². The first-order valence-electron chi connectivity index (χ1n) is 11.1. The zero-order valence-electron chi connectivity index (χ0n) is 19.0. The average Bonchev–Trinajstić information content (AvgIpc) is 3.35. The highest BCUT2D eigenvalue weighted by Crippen LogP contribution is 2.44. The largest absolute Gasteiger partial charge is 0.480 e. The van der Waals surface area contributed by atoms with Gasteiger partial charge in [-0.15, -0.1) is 0 Å². The van der Waals surface area contributed by atoms with Crippen LogP contribution in [-0.2, 0) is 19.1 Å². The Morgan fingerprint density at radius 3 is 2.26 bits per heavy atom. The van der Waals surface area contributed by atoms with Crippen molar-refractivity contribution in [2.24, 2.45) is 5.41 Å². The molecule has 3 amide bonds. The number of hydrogen-bond donors (Lipinski definition) is 3. The van der Waals surface area contributed by atoms with Crippen molar-refractivity contribution in [1.82, 2.24) is 15.8 Å². The first-order chi connectivity index (χ1) is 16.2. The average molecular weight is 466 g/mol. The molecule has 34 heavy (non-hydrogen) atoms. The molecule has 0 bridgehead atoms. The molecule has 0 aromatic heterocycles. The van der Waals surface area contributed by atoms with E-state index in [0.29, 0.717) is 0 Å². The number of rotatable bonds is 7. The molecule has 9 nitrogen and oxygen atoms in total. The van der Waals surface area contributed by atoms with Crippen LogP contribution in [0.1, 0.15) is 43.7 Å². The van der Waals surface area contributed by atoms with Crippen LogP contribution >= 0.6 is 0 Å². The third-order valence-electron chi connectivity index (χ3n) is 6.17. The number of alkyl carbamates (subject to hydrolysis) is 1. The fourth-order valence-electron chi connectivity index (χ4n) is 4.48. The lowest BCUT2D eigenvalue weighted by atomic mass is 9.88. The topological polar surface area (TPSA) is 125 Å². The minimum atomic E-state index is -1.25. The van der Waals surface area contributed by atoms with Crippen molar-refractivity contribution in [1.29, 1.82) is 0 Å². The highest BCUT2D eigenvalue weighted by atomic mass is 16.5. The quantitative estimate of drug-likeness (QED) is 0.577. The van der Waals surface area contributed by atoms with E-state index in [9.17, 15) is 24.3 Å². The van der Waals surface area contributed by atoms with E-state index in [0.717, 1.165) is 27.3 Å². The highest BCUT2D eigenvalue weighted by molar-refractivity contribution is 5.93. The maximum absolute atomic E-state index is 12.6. The van der Waals surface area contributed by atoms with E-state index < -0.39 is 35.3 Å². The Balaban J connectivity index is 1.31. The van der Waals surface area contributed by atoms with Crippen LogP contribution < -0.4 is 10.7 Å². The number of nitrogens with one attached hydrogen (secondary N) is 2. The Bertz CT molecular complexity index is 1100. The lowest BCUT2D eigenvalue weighted by Crippen LogP contribution is -2.48. The number of amides is 3. The second-order valence-corrected chi connectivity index (χ2v) is 9.38. The van der Waals surface area contributed by atoms with Gasteiger partial charge in [0.15, 0.2) is 6.04 Å². The summed E-state index contributed by atoms with van der Waals surface area (Å²) in [5, 5.41) is 12.8. The summed E-state index contributed by atoms with van der Waals surface area (Å²) in [5.41, 5.74) is 6.10. The third-order valence-corrected chi connectivity index (χ3v) is 6.17. The number of ether oxygens (including phenoxy) is 1. The van der Waals surface area contributed by atoms with Crippen LogP contribution in [0.5, 0.6) is 0 Å². The number of aliphatic carboxylic acids is 1. The maximum Gasteiger partial charge on any atom is 0.407 e. The number of carbonyl (C=O) groups excluding carboxylic acids is 3. The summed E-state index contributed by atoms with van der Waals surface area (Å²) in [6, 6.07) is 14.9. The summed E-state index contributed by atoms with van der Waals surface area (Å²) in [6.07, 6.45) is -0.944. The molecule has 0 radical (unpaired) electrons. The number of carboxylic acids is 1. The molecular weight excluding hydrogens is 438 g/mol. The fraction of sp³-hybridized carbons (Fsp3) is 0.360. The zero-order valence-corrected chi connectivity index (χ0v) is 19.0. The third kappa shape index (κ3) is 4.73. The monoisotopic (exact) mass is 465 g/mol. The van der Waals surface area contributed by atoms with E-state index in [1.165, 1.54) is 0 Å². The van der Waals surface area contributed by atoms with E-state index in [2.05, 4.69) is 22.9 Å². The van der Waals surface area contributed by atoms with Gasteiger partial charge in [-0.05, 0) is 27.7 Å². The summed E-state index contributed by atoms with van der Waals surface area (Å²) >= 11 is 0. The first-order valence-corrected chi connectivity index (χ1v) is 11.1. The zero-order chi connectivity index (χ0) is 24.5. The van der Waals surface area contributed by atoms with Gasteiger partial charge in [-0.25, -0.2) is 14.6 Å². The Morgan fingerprint density at radius 2 is 1.68 bits per heavy atom. The van der Waals surface area contributed by atoms with Crippen molar-refractivity contribution in [3.05, 3.63) is 59.7 Å². The normalized spacial score (nSPS) is 17.1. The van der Waals surface area contributed by atoms with Crippen molar-refractivity contribution >= 4 is 23.9 Å². The molecule has 1 unspecified atom stereocenters. The minimum absolute atomic E-state index is 0.0560. The predicted molar refractivity (Wildman–Crippen MR) is 122 cm³/mol. The highest BCUT2D eigenvalue weighted by Gasteiger charge is 2.40. The molecule has 1 saturated heterocycles. The number of hydrogen-bond acceptors (Lipinski definition) is 5. The van der Waals surface area contributed by atoms with Crippen molar-refractivity contribution in [3.63, 3.8) is 0 Å². The van der Waals surface area contributed by atoms with Gasteiger partial charge in [0, 0.05) is 18.9 Å². The number of benzene rings is 2. The standard InChI is InChI=1S/C25H27N3O6/c1-25(2,12-22(30)28-20(23(31)32)11-21(29)27-28)14-26-24(33)34-13-19-17-9-5-3-7-15(17)16-8-4-6-10-18(16)19/h3-10,19-20H,11-14H2,1-2H3,(H,26,33)(H,27,29)(H,31,32). The summed E-state index contributed by atoms with van der Waals surface area (Å²) < 4.78 is 5.52. The molecule has 1 heterocycles. The number of carbonyl (C=O) groups is 4. The van der Waals surface area contributed by atoms with Crippen LogP contribution in [0.15, 0.2) is 48.5 Å². The maximum atomic E-state index is 12.6. The number of hydrazine groups is 1. The summed E-state index contributed by atoms with van der Waals surface area (Å²) in [6.45, 7) is 3.85. The summed E-state index contributed by atoms with van der Waals surface area (Å²) in [5.74, 6) is -2.35. The smallest absolute Gasteiger partial charge is 0.407 e. The van der Waals surface area contributed by atoms with Crippen molar-refractivity contribution in [2.45, 2.75) is 38.6 Å². The van der Waals surface area contributed by atoms with Gasteiger partial charge in [-0.2, -0.15) is 0 Å². The van der Waals surface area contributed by atoms with E-state index in [4.69, 9.17) is 4.74 Å². The van der Waals surface area contributed by atoms with E-state index in [-0.39, 0.29) is 31.9 Å². The van der Waals surface area contributed by atoms with Gasteiger partial charge in [-0.3, -0.25) is 15.0 Å². The van der Waals surface area contributed by atoms with Crippen molar-refractivity contribution in [2.75, 3.05) is 13.2 Å². The van der Waals surface area contributed by atoms with Crippen LogP contribution in [0, 0.1) is 5.41 Å². The minimum Gasteiger partial charge on any atom is -0.480 e. The first kappa shape index (κ1) is 23.3. The number of nitrogens with zero attached hydrogens (tertiary/aromatic N) is 1. The molecule has 9 heteroatoms. The van der Waals surface area contributed by atoms with Crippen molar-refractivity contribution < 1.29 is 29.0 Å². The Morgan fingerprint density at radius 1 is 1.09 bits per heavy atom. The van der Waals surface area contributed by atoms with Crippen molar-refractivity contribution in [3.8, 4) is 11.1 Å². The van der Waals surface area contributed by atoms with Crippen LogP contribution in [0.2, 0.25) is 0 Å². The summed E-state index contributed by atoms with van der Waals surface area (Å²) in [4.78, 5) is 47.9. The molecule has 0 spiro atoms. The van der Waals surface area contributed by atoms with Gasteiger partial charge in [0.05, 0.1) is 6.42 Å². The molecule has 3 N–H and O–H groups in total. The second kappa shape index (κ2) is 9.17. The van der Waals surface area contributed by atoms with Gasteiger partial charge >= 0.3 is 12.1 Å². The molecule has 1 atom stereocenters.